The number of terminal acetylenes is 1. The first-order valence-electron chi connectivity index (χ1n) is 7.34. The molecule has 0 aromatic carbocycles. The van der Waals surface area contributed by atoms with Crippen molar-refractivity contribution in [1.82, 2.24) is 0 Å². The van der Waals surface area contributed by atoms with Gasteiger partial charge in [0.2, 0.25) is 0 Å². The molecule has 1 aliphatic rings. The third kappa shape index (κ3) is 3.84. The summed E-state index contributed by atoms with van der Waals surface area (Å²) in [5.74, 6) is 2.67. The minimum Gasteiger partial charge on any atom is -0.466 e. The lowest BCUT2D eigenvalue weighted by Gasteiger charge is -2.03. The van der Waals surface area contributed by atoms with Gasteiger partial charge in [-0.2, -0.15) is 0 Å². The summed E-state index contributed by atoms with van der Waals surface area (Å²) < 4.78 is 15.3. The molecule has 0 radical (unpaired) electrons. The molecule has 2 rings (SSSR count). The van der Waals surface area contributed by atoms with Crippen LogP contribution in [0.3, 0.4) is 0 Å². The van der Waals surface area contributed by atoms with Crippen molar-refractivity contribution in [1.29, 1.82) is 0 Å². The number of hydrogen-bond donors (Lipinski definition) is 0. The quantitative estimate of drug-likeness (QED) is 0.458. The predicted octanol–water partition coefficient (Wildman–Crippen LogP) is 2.50. The van der Waals surface area contributed by atoms with Crippen LogP contribution in [0.2, 0.25) is 0 Å². The third-order valence-electron chi connectivity index (χ3n) is 4.16. The molecule has 5 nitrogen and oxygen atoms in total. The molecule has 1 saturated carbocycles. The lowest BCUT2D eigenvalue weighted by Crippen LogP contribution is -2.10. The van der Waals surface area contributed by atoms with Crippen molar-refractivity contribution in [2.24, 2.45) is 17.3 Å². The van der Waals surface area contributed by atoms with E-state index in [1.54, 1.807) is 18.2 Å². The minimum atomic E-state index is -0.434. The zero-order chi connectivity index (χ0) is 17.0. The Morgan fingerprint density at radius 1 is 1.39 bits per heavy atom. The van der Waals surface area contributed by atoms with Gasteiger partial charge in [0, 0.05) is 6.08 Å². The van der Waals surface area contributed by atoms with Crippen LogP contribution >= 0.6 is 0 Å². The highest BCUT2D eigenvalue weighted by atomic mass is 16.5. The second-order valence-electron chi connectivity index (χ2n) is 6.06. The molecule has 2 unspecified atom stereocenters. The van der Waals surface area contributed by atoms with Crippen LogP contribution < -0.4 is 0 Å². The predicted molar refractivity (Wildman–Crippen MR) is 83.0 cm³/mol. The van der Waals surface area contributed by atoms with Crippen molar-refractivity contribution >= 4 is 11.9 Å². The van der Waals surface area contributed by atoms with Crippen LogP contribution in [0.1, 0.15) is 25.4 Å². The molecule has 0 aliphatic heterocycles. The summed E-state index contributed by atoms with van der Waals surface area (Å²) in [7, 11) is 1.31. The Morgan fingerprint density at radius 2 is 2.09 bits per heavy atom. The van der Waals surface area contributed by atoms with Gasteiger partial charge >= 0.3 is 11.9 Å². The molecule has 1 fully saturated rings. The summed E-state index contributed by atoms with van der Waals surface area (Å²) in [6.07, 6.45) is 8.67. The number of hydrogen-bond acceptors (Lipinski definition) is 5. The first-order chi connectivity index (χ1) is 10.9. The van der Waals surface area contributed by atoms with Gasteiger partial charge in [0.25, 0.3) is 0 Å². The van der Waals surface area contributed by atoms with Crippen LogP contribution in [-0.4, -0.2) is 19.0 Å². The number of rotatable bonds is 6. The summed E-state index contributed by atoms with van der Waals surface area (Å²) >= 11 is 0. The van der Waals surface area contributed by atoms with E-state index in [-0.39, 0.29) is 29.8 Å². The third-order valence-corrected chi connectivity index (χ3v) is 4.16. The Kier molecular flexibility index (Phi) is 4.95. The Bertz CT molecular complexity index is 659. The molecule has 1 aliphatic carbocycles. The minimum absolute atomic E-state index is 0.0392. The Hall–Kier alpha value is -2.48. The standard InChI is InChI=1S/C18H20O5/c1-5-6-12-7-8-13(23-12)11-22-17(20)16-14(18(16,2)3)9-10-15(19)21-4/h1,7-10,14,16H,6,11H2,2-4H3. The second kappa shape index (κ2) is 6.74. The van der Waals surface area contributed by atoms with Gasteiger partial charge in [-0.05, 0) is 23.5 Å². The summed E-state index contributed by atoms with van der Waals surface area (Å²) in [6.45, 7) is 4.00. The van der Waals surface area contributed by atoms with E-state index in [4.69, 9.17) is 15.6 Å². The van der Waals surface area contributed by atoms with Crippen LogP contribution in [0, 0.1) is 29.6 Å². The molecule has 2 atom stereocenters. The maximum Gasteiger partial charge on any atom is 0.330 e. The molecule has 0 spiro atoms. The highest BCUT2D eigenvalue weighted by molar-refractivity contribution is 5.83. The summed E-state index contributed by atoms with van der Waals surface area (Å²) in [6, 6.07) is 3.51. The smallest absolute Gasteiger partial charge is 0.330 e. The maximum absolute atomic E-state index is 12.2. The lowest BCUT2D eigenvalue weighted by atomic mass is 10.1. The molecule has 1 aromatic heterocycles. The Balaban J connectivity index is 1.89. The van der Waals surface area contributed by atoms with Crippen molar-refractivity contribution in [3.63, 3.8) is 0 Å². The zero-order valence-electron chi connectivity index (χ0n) is 13.5. The van der Waals surface area contributed by atoms with Crippen molar-refractivity contribution in [2.75, 3.05) is 7.11 Å². The van der Waals surface area contributed by atoms with Gasteiger partial charge in [-0.15, -0.1) is 6.42 Å². The number of carbonyl (C=O) groups excluding carboxylic acids is 2. The van der Waals surface area contributed by atoms with E-state index in [1.807, 2.05) is 13.8 Å². The first-order valence-corrected chi connectivity index (χ1v) is 7.34. The summed E-state index contributed by atoms with van der Waals surface area (Å²) in [5.41, 5.74) is -0.237. The Labute approximate surface area is 135 Å². The van der Waals surface area contributed by atoms with E-state index in [0.29, 0.717) is 17.9 Å². The average Bonchev–Trinajstić information content (AvgIpc) is 2.84. The van der Waals surface area contributed by atoms with E-state index in [0.717, 1.165) is 0 Å². The molecule has 1 aromatic rings. The van der Waals surface area contributed by atoms with Crippen LogP contribution in [-0.2, 0) is 32.1 Å². The van der Waals surface area contributed by atoms with Gasteiger partial charge in [0.05, 0.1) is 19.4 Å². The summed E-state index contributed by atoms with van der Waals surface area (Å²) in [4.78, 5) is 23.4. The molecule has 5 heteroatoms. The SMILES string of the molecule is C#CCc1ccc(COC(=O)C2C(C=CC(=O)OC)C2(C)C)o1. The fourth-order valence-electron chi connectivity index (χ4n) is 2.66. The highest BCUT2D eigenvalue weighted by Gasteiger charge is 2.61. The highest BCUT2D eigenvalue weighted by Crippen LogP contribution is 2.59. The number of methoxy groups -OCH3 is 1. The second-order valence-corrected chi connectivity index (χ2v) is 6.06. The lowest BCUT2D eigenvalue weighted by molar-refractivity contribution is -0.148. The van der Waals surface area contributed by atoms with Gasteiger partial charge in [0.15, 0.2) is 0 Å². The van der Waals surface area contributed by atoms with Gasteiger partial charge < -0.3 is 13.9 Å². The number of ether oxygens (including phenoxy) is 2. The molecule has 23 heavy (non-hydrogen) atoms. The van der Waals surface area contributed by atoms with Crippen molar-refractivity contribution in [3.05, 3.63) is 35.8 Å². The molecule has 122 valence electrons. The Morgan fingerprint density at radius 3 is 2.74 bits per heavy atom. The number of carbonyl (C=O) groups is 2. The van der Waals surface area contributed by atoms with Gasteiger partial charge in [-0.25, -0.2) is 4.79 Å². The average molecular weight is 316 g/mol. The number of furan rings is 1. The van der Waals surface area contributed by atoms with Crippen molar-refractivity contribution < 1.29 is 23.5 Å². The van der Waals surface area contributed by atoms with Crippen LogP contribution in [0.5, 0.6) is 0 Å². The van der Waals surface area contributed by atoms with E-state index < -0.39 is 5.97 Å². The van der Waals surface area contributed by atoms with E-state index in [2.05, 4.69) is 10.7 Å². The number of esters is 2. The monoisotopic (exact) mass is 316 g/mol. The molecule has 0 saturated heterocycles. The topological polar surface area (TPSA) is 65.7 Å². The maximum atomic E-state index is 12.2. The van der Waals surface area contributed by atoms with Crippen molar-refractivity contribution in [3.8, 4) is 12.3 Å². The van der Waals surface area contributed by atoms with E-state index >= 15 is 0 Å². The normalized spacial score (nSPS) is 21.7. The molecule has 1 heterocycles. The summed E-state index contributed by atoms with van der Waals surface area (Å²) in [5, 5.41) is 0. The van der Waals surface area contributed by atoms with Gasteiger partial charge in [0.1, 0.15) is 18.1 Å². The fraction of sp³-hybridized carbons (Fsp3) is 0.444. The van der Waals surface area contributed by atoms with Gasteiger partial charge in [-0.3, -0.25) is 4.79 Å². The van der Waals surface area contributed by atoms with E-state index in [9.17, 15) is 9.59 Å². The van der Waals surface area contributed by atoms with E-state index in [1.165, 1.54) is 13.2 Å². The molecular formula is C18H20O5. The molecular weight excluding hydrogens is 296 g/mol. The molecule has 0 bridgehead atoms. The van der Waals surface area contributed by atoms with Crippen molar-refractivity contribution in [2.45, 2.75) is 26.9 Å². The fourth-order valence-corrected chi connectivity index (χ4v) is 2.66. The van der Waals surface area contributed by atoms with Gasteiger partial charge in [-0.1, -0.05) is 25.8 Å². The molecule has 0 N–H and O–H groups in total. The van der Waals surface area contributed by atoms with Crippen LogP contribution in [0.25, 0.3) is 0 Å². The zero-order valence-corrected chi connectivity index (χ0v) is 13.5. The number of allylic oxidation sites excluding steroid dienone is 1. The van der Waals surface area contributed by atoms with Crippen LogP contribution in [0.15, 0.2) is 28.7 Å². The first kappa shape index (κ1) is 16.9. The molecule has 0 amide bonds. The largest absolute Gasteiger partial charge is 0.466 e. The van der Waals surface area contributed by atoms with Crippen LogP contribution in [0.4, 0.5) is 0 Å².